The third-order valence-electron chi connectivity index (χ3n) is 4.41. The number of amides is 1. The average molecular weight is 402 g/mol. The molecule has 1 N–H and O–H groups in total. The number of aromatic nitrogens is 2. The number of carbonyl (C=O) groups is 1. The number of para-hydroxylation sites is 1. The summed E-state index contributed by atoms with van der Waals surface area (Å²) in [5, 5.41) is 3.05. The summed E-state index contributed by atoms with van der Waals surface area (Å²) in [5.74, 6) is 0.648. The lowest BCUT2D eigenvalue weighted by molar-refractivity contribution is -0.120. The topological polar surface area (TPSA) is 63.5 Å². The second-order valence-electron chi connectivity index (χ2n) is 6.37. The molecule has 0 bridgehead atoms. The van der Waals surface area contributed by atoms with Crippen molar-refractivity contribution in [3.8, 4) is 0 Å². The Hall–Kier alpha value is -2.12. The first-order valence-electron chi connectivity index (χ1n) is 9.03. The molecule has 0 spiro atoms. The van der Waals surface area contributed by atoms with Crippen LogP contribution in [0.5, 0.6) is 0 Å². The molecule has 3 aromatic rings. The van der Waals surface area contributed by atoms with Crippen molar-refractivity contribution in [2.75, 3.05) is 5.32 Å². The van der Waals surface area contributed by atoms with Crippen LogP contribution >= 0.6 is 23.1 Å². The van der Waals surface area contributed by atoms with Gasteiger partial charge in [0.1, 0.15) is 0 Å². The van der Waals surface area contributed by atoms with E-state index >= 15 is 0 Å². The minimum Gasteiger partial charge on any atom is -0.325 e. The number of fused-ring (bicyclic) bond motifs is 1. The van der Waals surface area contributed by atoms with Gasteiger partial charge in [0.2, 0.25) is 5.91 Å². The van der Waals surface area contributed by atoms with E-state index in [0.717, 1.165) is 34.0 Å². The number of carbonyl (C=O) groups excluding carboxylic acids is 1. The van der Waals surface area contributed by atoms with Gasteiger partial charge < -0.3 is 5.32 Å². The zero-order valence-electron chi connectivity index (χ0n) is 15.7. The summed E-state index contributed by atoms with van der Waals surface area (Å²) < 4.78 is 1.58. The average Bonchev–Trinajstić information content (AvgIpc) is 3.03. The molecule has 0 saturated heterocycles. The van der Waals surface area contributed by atoms with Crippen LogP contribution in [0.15, 0.2) is 46.2 Å². The third-order valence-corrected chi connectivity index (χ3v) is 6.42. The summed E-state index contributed by atoms with van der Waals surface area (Å²) in [5.41, 5.74) is 1.49. The molecule has 0 aliphatic rings. The quantitative estimate of drug-likeness (QED) is 0.581. The van der Waals surface area contributed by atoms with Gasteiger partial charge in [0, 0.05) is 33.7 Å². The number of hydrogen-bond acceptors (Lipinski definition) is 5. The van der Waals surface area contributed by atoms with Gasteiger partial charge in [0.05, 0.1) is 11.4 Å². The predicted molar refractivity (Wildman–Crippen MR) is 113 cm³/mol. The SMILES string of the molecule is CCC(CC)C(=O)Nc1ccccc1SCc1cc(=O)n2cc(C)sc2n1. The summed E-state index contributed by atoms with van der Waals surface area (Å²) >= 11 is 3.08. The van der Waals surface area contributed by atoms with Crippen LogP contribution in [0.25, 0.3) is 4.96 Å². The van der Waals surface area contributed by atoms with E-state index in [1.165, 1.54) is 11.3 Å². The van der Waals surface area contributed by atoms with Crippen molar-refractivity contribution in [2.24, 2.45) is 5.92 Å². The molecule has 0 aliphatic carbocycles. The third kappa shape index (κ3) is 4.59. The van der Waals surface area contributed by atoms with Crippen LogP contribution < -0.4 is 10.9 Å². The Kier molecular flexibility index (Phi) is 6.34. The number of nitrogens with one attached hydrogen (secondary N) is 1. The highest BCUT2D eigenvalue weighted by Gasteiger charge is 2.16. The molecule has 0 fully saturated rings. The van der Waals surface area contributed by atoms with Gasteiger partial charge in [0.15, 0.2) is 4.96 Å². The lowest BCUT2D eigenvalue weighted by Crippen LogP contribution is -2.21. The summed E-state index contributed by atoms with van der Waals surface area (Å²) in [6.45, 7) is 6.02. The molecule has 0 saturated carbocycles. The summed E-state index contributed by atoms with van der Waals surface area (Å²) in [6, 6.07) is 9.34. The Morgan fingerprint density at radius 1 is 1.30 bits per heavy atom. The van der Waals surface area contributed by atoms with Gasteiger partial charge in [-0.1, -0.05) is 26.0 Å². The van der Waals surface area contributed by atoms with Crippen molar-refractivity contribution >= 4 is 39.7 Å². The maximum Gasteiger partial charge on any atom is 0.258 e. The van der Waals surface area contributed by atoms with Crippen molar-refractivity contribution in [2.45, 2.75) is 44.3 Å². The molecule has 0 radical (unpaired) electrons. The largest absolute Gasteiger partial charge is 0.325 e. The Bertz CT molecular complexity index is 1010. The van der Waals surface area contributed by atoms with E-state index in [1.54, 1.807) is 22.2 Å². The molecule has 5 nitrogen and oxygen atoms in total. The Labute approximate surface area is 166 Å². The van der Waals surface area contributed by atoms with E-state index in [0.29, 0.717) is 10.7 Å². The van der Waals surface area contributed by atoms with Gasteiger partial charge in [-0.05, 0) is 31.9 Å². The molecule has 2 aromatic heterocycles. The maximum atomic E-state index is 12.4. The molecule has 0 atom stereocenters. The van der Waals surface area contributed by atoms with E-state index < -0.39 is 0 Å². The summed E-state index contributed by atoms with van der Waals surface area (Å²) in [6.07, 6.45) is 3.46. The van der Waals surface area contributed by atoms with Crippen LogP contribution in [0.4, 0.5) is 5.69 Å². The molecular weight excluding hydrogens is 378 g/mol. The van der Waals surface area contributed by atoms with Crippen LogP contribution in [0.3, 0.4) is 0 Å². The number of nitrogens with zero attached hydrogens (tertiary/aromatic N) is 2. The van der Waals surface area contributed by atoms with Crippen LogP contribution in [0.1, 0.15) is 37.3 Å². The molecule has 1 amide bonds. The normalized spacial score (nSPS) is 11.3. The van der Waals surface area contributed by atoms with Gasteiger partial charge in [-0.25, -0.2) is 4.98 Å². The molecule has 0 aliphatic heterocycles. The van der Waals surface area contributed by atoms with Crippen LogP contribution in [0, 0.1) is 12.8 Å². The number of rotatable bonds is 7. The fourth-order valence-corrected chi connectivity index (χ4v) is 4.62. The zero-order valence-corrected chi connectivity index (χ0v) is 17.3. The number of anilines is 1. The van der Waals surface area contributed by atoms with Crippen LogP contribution in [0.2, 0.25) is 0 Å². The molecular formula is C20H23N3O2S2. The van der Waals surface area contributed by atoms with Crippen molar-refractivity contribution < 1.29 is 4.79 Å². The minimum absolute atomic E-state index is 0.0224. The van der Waals surface area contributed by atoms with Crippen LogP contribution in [-0.4, -0.2) is 15.3 Å². The first kappa shape index (κ1) is 19.6. The lowest BCUT2D eigenvalue weighted by Gasteiger charge is -2.15. The first-order chi connectivity index (χ1) is 13.0. The summed E-state index contributed by atoms with van der Waals surface area (Å²) in [4.78, 5) is 32.0. The van der Waals surface area contributed by atoms with Gasteiger partial charge in [-0.15, -0.1) is 23.1 Å². The van der Waals surface area contributed by atoms with Crippen molar-refractivity contribution in [3.63, 3.8) is 0 Å². The smallest absolute Gasteiger partial charge is 0.258 e. The van der Waals surface area contributed by atoms with Crippen molar-refractivity contribution in [1.29, 1.82) is 0 Å². The van der Waals surface area contributed by atoms with E-state index in [2.05, 4.69) is 10.3 Å². The van der Waals surface area contributed by atoms with Crippen molar-refractivity contribution in [3.05, 3.63) is 57.5 Å². The minimum atomic E-state index is -0.0599. The van der Waals surface area contributed by atoms with Gasteiger partial charge in [0.25, 0.3) is 5.56 Å². The number of benzene rings is 1. The highest BCUT2D eigenvalue weighted by atomic mass is 32.2. The number of hydrogen-bond donors (Lipinski definition) is 1. The second kappa shape index (κ2) is 8.71. The monoisotopic (exact) mass is 401 g/mol. The fourth-order valence-electron chi connectivity index (χ4n) is 2.87. The second-order valence-corrected chi connectivity index (χ2v) is 8.60. The van der Waals surface area contributed by atoms with E-state index in [4.69, 9.17) is 0 Å². The molecule has 0 unspecified atom stereocenters. The summed E-state index contributed by atoms with van der Waals surface area (Å²) in [7, 11) is 0. The number of aryl methyl sites for hydroxylation is 1. The zero-order chi connectivity index (χ0) is 19.4. The molecule has 7 heteroatoms. The van der Waals surface area contributed by atoms with E-state index in [1.807, 2.05) is 51.2 Å². The molecule has 2 heterocycles. The molecule has 27 heavy (non-hydrogen) atoms. The number of thioether (sulfide) groups is 1. The Morgan fingerprint density at radius 3 is 2.78 bits per heavy atom. The molecule has 142 valence electrons. The van der Waals surface area contributed by atoms with Crippen molar-refractivity contribution in [1.82, 2.24) is 9.38 Å². The first-order valence-corrected chi connectivity index (χ1v) is 10.8. The number of thiazole rings is 1. The van der Waals surface area contributed by atoms with Crippen LogP contribution in [-0.2, 0) is 10.5 Å². The molecule has 1 aromatic carbocycles. The Morgan fingerprint density at radius 2 is 2.04 bits per heavy atom. The maximum absolute atomic E-state index is 12.4. The van der Waals surface area contributed by atoms with Gasteiger partial charge >= 0.3 is 0 Å². The molecule has 3 rings (SSSR count). The van der Waals surface area contributed by atoms with Gasteiger partial charge in [-0.2, -0.15) is 0 Å². The Balaban J connectivity index is 1.77. The fraction of sp³-hybridized carbons (Fsp3) is 0.350. The van der Waals surface area contributed by atoms with E-state index in [9.17, 15) is 9.59 Å². The highest BCUT2D eigenvalue weighted by molar-refractivity contribution is 7.98. The predicted octanol–water partition coefficient (Wildman–Crippen LogP) is 4.73. The highest BCUT2D eigenvalue weighted by Crippen LogP contribution is 2.30. The van der Waals surface area contributed by atoms with E-state index in [-0.39, 0.29) is 17.4 Å². The lowest BCUT2D eigenvalue weighted by atomic mass is 10.0. The standard InChI is InChI=1S/C20H23N3O2S2/c1-4-14(5-2)19(25)22-16-8-6-7-9-17(16)26-12-15-10-18(24)23-11-13(3)27-20(23)21-15/h6-11,14H,4-5,12H2,1-3H3,(H,22,25). The van der Waals surface area contributed by atoms with Gasteiger partial charge in [-0.3, -0.25) is 14.0 Å².